The van der Waals surface area contributed by atoms with Crippen LogP contribution < -0.4 is 5.32 Å². The first-order valence-electron chi connectivity index (χ1n) is 5.56. The molecule has 0 bridgehead atoms. The second kappa shape index (κ2) is 8.68. The van der Waals surface area contributed by atoms with Gasteiger partial charge in [-0.1, -0.05) is 13.8 Å². The molecule has 15 heavy (non-hydrogen) atoms. The molecule has 0 aromatic rings. The van der Waals surface area contributed by atoms with E-state index < -0.39 is 0 Å². The molecule has 0 saturated heterocycles. The molecule has 90 valence electrons. The van der Waals surface area contributed by atoms with Crippen LogP contribution in [0.3, 0.4) is 0 Å². The quantitative estimate of drug-likeness (QED) is 0.621. The lowest BCUT2D eigenvalue weighted by Gasteiger charge is -2.22. The van der Waals surface area contributed by atoms with E-state index in [2.05, 4.69) is 12.2 Å². The Kier molecular flexibility index (Phi) is 8.33. The van der Waals surface area contributed by atoms with Gasteiger partial charge in [-0.2, -0.15) is 0 Å². The third-order valence-corrected chi connectivity index (χ3v) is 2.15. The SMILES string of the molecule is CCCNC(C(=O)OCC)C(C)COC. The van der Waals surface area contributed by atoms with E-state index in [-0.39, 0.29) is 17.9 Å². The summed E-state index contributed by atoms with van der Waals surface area (Å²) in [6, 6.07) is -0.259. The lowest BCUT2D eigenvalue weighted by atomic mass is 10.0. The minimum Gasteiger partial charge on any atom is -0.465 e. The molecule has 0 rings (SSSR count). The molecular formula is C11H23NO3. The van der Waals surface area contributed by atoms with Crippen LogP contribution in [0.2, 0.25) is 0 Å². The fraction of sp³-hybridized carbons (Fsp3) is 0.909. The average Bonchev–Trinajstić information content (AvgIpc) is 2.19. The van der Waals surface area contributed by atoms with Gasteiger partial charge in [0.15, 0.2) is 0 Å². The van der Waals surface area contributed by atoms with E-state index in [4.69, 9.17) is 9.47 Å². The maximum Gasteiger partial charge on any atom is 0.323 e. The van der Waals surface area contributed by atoms with E-state index in [0.29, 0.717) is 13.2 Å². The van der Waals surface area contributed by atoms with Crippen LogP contribution in [-0.4, -0.2) is 38.9 Å². The minimum atomic E-state index is -0.259. The monoisotopic (exact) mass is 217 g/mol. The Bertz CT molecular complexity index is 173. The highest BCUT2D eigenvalue weighted by molar-refractivity contribution is 5.76. The number of methoxy groups -OCH3 is 1. The van der Waals surface area contributed by atoms with Crippen molar-refractivity contribution >= 4 is 5.97 Å². The largest absolute Gasteiger partial charge is 0.465 e. The summed E-state index contributed by atoms with van der Waals surface area (Å²) in [5, 5.41) is 3.18. The van der Waals surface area contributed by atoms with E-state index in [1.807, 2.05) is 13.8 Å². The van der Waals surface area contributed by atoms with Gasteiger partial charge >= 0.3 is 5.97 Å². The predicted octanol–water partition coefficient (Wildman–Crippen LogP) is 1.20. The van der Waals surface area contributed by atoms with Gasteiger partial charge in [0.2, 0.25) is 0 Å². The number of esters is 1. The van der Waals surface area contributed by atoms with Gasteiger partial charge in [0.1, 0.15) is 6.04 Å². The molecule has 0 heterocycles. The van der Waals surface area contributed by atoms with Crippen molar-refractivity contribution in [3.63, 3.8) is 0 Å². The Hall–Kier alpha value is -0.610. The summed E-state index contributed by atoms with van der Waals surface area (Å²) in [6.45, 7) is 7.65. The molecule has 1 N–H and O–H groups in total. The average molecular weight is 217 g/mol. The highest BCUT2D eigenvalue weighted by Gasteiger charge is 2.25. The van der Waals surface area contributed by atoms with Crippen LogP contribution in [0.25, 0.3) is 0 Å². The molecule has 0 aromatic heterocycles. The number of hydrogen-bond acceptors (Lipinski definition) is 4. The molecule has 4 nitrogen and oxygen atoms in total. The van der Waals surface area contributed by atoms with Crippen molar-refractivity contribution < 1.29 is 14.3 Å². The van der Waals surface area contributed by atoms with E-state index in [0.717, 1.165) is 13.0 Å². The number of ether oxygens (including phenoxy) is 2. The van der Waals surface area contributed by atoms with Gasteiger partial charge in [0.25, 0.3) is 0 Å². The number of rotatable bonds is 8. The maximum atomic E-state index is 11.6. The molecule has 2 atom stereocenters. The van der Waals surface area contributed by atoms with Gasteiger partial charge in [0, 0.05) is 13.0 Å². The van der Waals surface area contributed by atoms with E-state index >= 15 is 0 Å². The fourth-order valence-corrected chi connectivity index (χ4v) is 1.41. The summed E-state index contributed by atoms with van der Waals surface area (Å²) in [7, 11) is 1.64. The predicted molar refractivity (Wildman–Crippen MR) is 59.8 cm³/mol. The topological polar surface area (TPSA) is 47.6 Å². The maximum absolute atomic E-state index is 11.6. The number of carbonyl (C=O) groups excluding carboxylic acids is 1. The van der Waals surface area contributed by atoms with E-state index in [1.54, 1.807) is 7.11 Å². The number of nitrogens with one attached hydrogen (secondary N) is 1. The van der Waals surface area contributed by atoms with Crippen LogP contribution in [0, 0.1) is 5.92 Å². The van der Waals surface area contributed by atoms with Crippen molar-refractivity contribution in [1.29, 1.82) is 0 Å². The first-order valence-corrected chi connectivity index (χ1v) is 5.56. The molecule has 0 amide bonds. The Labute approximate surface area is 92.3 Å². The first-order chi connectivity index (χ1) is 7.17. The molecule has 2 unspecified atom stereocenters. The third-order valence-electron chi connectivity index (χ3n) is 2.15. The fourth-order valence-electron chi connectivity index (χ4n) is 1.41. The second-order valence-electron chi connectivity index (χ2n) is 3.62. The highest BCUT2D eigenvalue weighted by Crippen LogP contribution is 2.06. The van der Waals surface area contributed by atoms with Gasteiger partial charge in [-0.05, 0) is 19.9 Å². The first kappa shape index (κ1) is 14.4. The van der Waals surface area contributed by atoms with Crippen LogP contribution in [-0.2, 0) is 14.3 Å². The summed E-state index contributed by atoms with van der Waals surface area (Å²) < 4.78 is 10.1. The number of carbonyl (C=O) groups is 1. The van der Waals surface area contributed by atoms with Crippen LogP contribution >= 0.6 is 0 Å². The van der Waals surface area contributed by atoms with Crippen LogP contribution in [0.15, 0.2) is 0 Å². The molecule has 0 fully saturated rings. The summed E-state index contributed by atoms with van der Waals surface area (Å²) in [5.41, 5.74) is 0. The molecule has 0 spiro atoms. The summed E-state index contributed by atoms with van der Waals surface area (Å²) in [6.07, 6.45) is 0.996. The molecule has 0 saturated carbocycles. The van der Waals surface area contributed by atoms with Crippen molar-refractivity contribution in [2.45, 2.75) is 33.2 Å². The van der Waals surface area contributed by atoms with Crippen molar-refractivity contribution in [3.05, 3.63) is 0 Å². The van der Waals surface area contributed by atoms with Gasteiger partial charge in [0.05, 0.1) is 13.2 Å². The molecule has 0 aliphatic rings. The Balaban J connectivity index is 4.21. The second-order valence-corrected chi connectivity index (χ2v) is 3.62. The van der Waals surface area contributed by atoms with Crippen LogP contribution in [0.5, 0.6) is 0 Å². The minimum absolute atomic E-state index is 0.126. The lowest BCUT2D eigenvalue weighted by Crippen LogP contribution is -2.44. The normalized spacial score (nSPS) is 14.7. The third kappa shape index (κ3) is 5.74. The summed E-state index contributed by atoms with van der Waals surface area (Å²) in [4.78, 5) is 11.6. The van der Waals surface area contributed by atoms with Gasteiger partial charge in [-0.25, -0.2) is 0 Å². The highest BCUT2D eigenvalue weighted by atomic mass is 16.5. The van der Waals surface area contributed by atoms with E-state index in [1.165, 1.54) is 0 Å². The summed E-state index contributed by atoms with van der Waals surface area (Å²) >= 11 is 0. The molecule has 0 aliphatic heterocycles. The van der Waals surface area contributed by atoms with Gasteiger partial charge in [-0.15, -0.1) is 0 Å². The molecular weight excluding hydrogens is 194 g/mol. The Morgan fingerprint density at radius 3 is 2.53 bits per heavy atom. The van der Waals surface area contributed by atoms with Crippen LogP contribution in [0.4, 0.5) is 0 Å². The van der Waals surface area contributed by atoms with E-state index in [9.17, 15) is 4.79 Å². The molecule has 4 heteroatoms. The van der Waals surface area contributed by atoms with Gasteiger partial charge < -0.3 is 14.8 Å². The van der Waals surface area contributed by atoms with Gasteiger partial charge in [-0.3, -0.25) is 4.79 Å². The van der Waals surface area contributed by atoms with Crippen LogP contribution in [0.1, 0.15) is 27.2 Å². The standard InChI is InChI=1S/C11H23NO3/c1-5-7-12-10(9(3)8-14-4)11(13)15-6-2/h9-10,12H,5-8H2,1-4H3. The van der Waals surface area contributed by atoms with Crippen molar-refractivity contribution in [3.8, 4) is 0 Å². The smallest absolute Gasteiger partial charge is 0.323 e. The summed E-state index contributed by atoms with van der Waals surface area (Å²) in [5.74, 6) is -0.0592. The van der Waals surface area contributed by atoms with Crippen molar-refractivity contribution in [2.24, 2.45) is 5.92 Å². The zero-order chi connectivity index (χ0) is 11.7. The Morgan fingerprint density at radius 2 is 2.07 bits per heavy atom. The zero-order valence-corrected chi connectivity index (χ0v) is 10.2. The molecule has 0 aliphatic carbocycles. The molecule has 0 aromatic carbocycles. The zero-order valence-electron chi connectivity index (χ0n) is 10.2. The lowest BCUT2D eigenvalue weighted by molar-refractivity contribution is -0.147. The van der Waals surface area contributed by atoms with Crippen molar-refractivity contribution in [1.82, 2.24) is 5.32 Å². The molecule has 0 radical (unpaired) electrons. The Morgan fingerprint density at radius 1 is 1.40 bits per heavy atom. The van der Waals surface area contributed by atoms with Crippen molar-refractivity contribution in [2.75, 3.05) is 26.9 Å². The number of hydrogen-bond donors (Lipinski definition) is 1.